The highest BCUT2D eigenvalue weighted by atomic mass is 16.4. The molecule has 4 aromatic carbocycles. The van der Waals surface area contributed by atoms with Crippen LogP contribution in [0.2, 0.25) is 0 Å². The molecule has 6 aromatic rings. The number of aliphatic hydroxyl groups is 1. The third-order valence-electron chi connectivity index (χ3n) is 14.8. The maximum absolute atomic E-state index is 14.6. The minimum atomic E-state index is -2.20. The van der Waals surface area contributed by atoms with Crippen LogP contribution in [0.3, 0.4) is 0 Å². The Hall–Kier alpha value is -10.4. The monoisotopic (exact) mass is 1250 g/mol. The van der Waals surface area contributed by atoms with Gasteiger partial charge in [0.25, 0.3) is 0 Å². The number of hydrogen-bond donors (Lipinski definition) is 15. The summed E-state index contributed by atoms with van der Waals surface area (Å²) in [6.45, 7) is 6.89. The van der Waals surface area contributed by atoms with Gasteiger partial charge >= 0.3 is 11.9 Å². The molecule has 0 saturated heterocycles. The number of hydrogen-bond acceptors (Lipinski definition) is 13. The Kier molecular flexibility index (Phi) is 25.4. The maximum atomic E-state index is 14.6. The van der Waals surface area contributed by atoms with Crippen molar-refractivity contribution in [2.75, 3.05) is 0 Å². The number of amides is 10. The number of nitrogens with one attached hydrogen (secondary N) is 10. The van der Waals surface area contributed by atoms with Crippen molar-refractivity contribution >= 4 is 92.8 Å². The smallest absolute Gasteiger partial charge is 0.305 e. The molecule has 0 radical (unpaired) electrons. The molecule has 9 unspecified atom stereocenters. The van der Waals surface area contributed by atoms with E-state index < -0.39 is 145 Å². The molecule has 91 heavy (non-hydrogen) atoms. The standard InChI is InChI=1S/C64H78N12O15/c1-34(2)23-46(58(85)74-50(29-54(79)80)62(89)70-44(56(65)83)25-36-15-7-5-8-16-36)72-60(87)48(27-38-32-67-42-21-13-11-19-40(38)42)69-53(78)31-52(77)64(91)76-49(28-39-33-68-43-22-14-12-20-41(39)43)61(88)73-47(24-35(3)4)59(86)75-51(30-55(81)82)63(90)71-45(57(66)84)26-37-17-9-6-10-18-37/h5-22,32-35,44-52,67-68,77H,23-31H2,1-4H3,(H2,65,83)(H2,66,84)(H,69,78)(H,70,89)(H,71,90)(H,72,87)(H,73,88)(H,74,85)(H,75,86)(H,76,91)(H,79,80)(H,81,82). The van der Waals surface area contributed by atoms with Crippen molar-refractivity contribution < 1.29 is 72.9 Å². The van der Waals surface area contributed by atoms with E-state index in [1.807, 2.05) is 0 Å². The third-order valence-corrected chi connectivity index (χ3v) is 14.8. The number of primary amides is 2. The first-order valence-electron chi connectivity index (χ1n) is 29.5. The molecule has 0 aliphatic carbocycles. The Labute approximate surface area is 523 Å². The van der Waals surface area contributed by atoms with E-state index in [0.29, 0.717) is 44.1 Å². The van der Waals surface area contributed by atoms with Crippen LogP contribution in [0.15, 0.2) is 122 Å². The number of aromatic nitrogens is 2. The minimum Gasteiger partial charge on any atom is -0.481 e. The Bertz CT molecular complexity index is 3570. The number of carboxylic acid groups (broad SMARTS) is 2. The lowest BCUT2D eigenvalue weighted by Gasteiger charge is -2.27. The predicted octanol–water partition coefficient (Wildman–Crippen LogP) is 0.561. The van der Waals surface area contributed by atoms with Crippen LogP contribution in [-0.2, 0) is 83.2 Å². The number of aliphatic hydroxyl groups excluding tert-OH is 1. The van der Waals surface area contributed by atoms with Crippen molar-refractivity contribution in [2.24, 2.45) is 23.3 Å². The van der Waals surface area contributed by atoms with E-state index in [1.165, 1.54) is 0 Å². The van der Waals surface area contributed by atoms with Gasteiger partial charge in [0.05, 0.1) is 19.3 Å². The van der Waals surface area contributed by atoms with Crippen molar-refractivity contribution in [1.82, 2.24) is 52.5 Å². The average Bonchev–Trinajstić information content (AvgIpc) is 2.13. The number of nitrogens with two attached hydrogens (primary N) is 2. The first-order valence-corrected chi connectivity index (χ1v) is 29.5. The van der Waals surface area contributed by atoms with Gasteiger partial charge in [0.15, 0.2) is 0 Å². The zero-order chi connectivity index (χ0) is 66.5. The van der Waals surface area contributed by atoms with Gasteiger partial charge in [0.1, 0.15) is 54.4 Å². The topological polar surface area (TPSA) is 445 Å². The molecule has 0 aliphatic heterocycles. The molecule has 0 bridgehead atoms. The molecule has 17 N–H and O–H groups in total. The van der Waals surface area contributed by atoms with Crippen molar-refractivity contribution in [1.29, 1.82) is 0 Å². The summed E-state index contributed by atoms with van der Waals surface area (Å²) in [7, 11) is 0. The first kappa shape index (κ1) is 69.7. The lowest BCUT2D eigenvalue weighted by atomic mass is 9.99. The molecule has 484 valence electrons. The van der Waals surface area contributed by atoms with Crippen molar-refractivity contribution in [2.45, 2.75) is 140 Å². The fourth-order valence-electron chi connectivity index (χ4n) is 10.2. The number of fused-ring (bicyclic) bond motifs is 2. The Balaban J connectivity index is 1.21. The van der Waals surface area contributed by atoms with Gasteiger partial charge in [0, 0.05) is 59.9 Å². The number of H-pyrrole nitrogens is 2. The lowest BCUT2D eigenvalue weighted by molar-refractivity contribution is -0.142. The Morgan fingerprint density at radius 1 is 0.385 bits per heavy atom. The van der Waals surface area contributed by atoms with Gasteiger partial charge in [-0.1, -0.05) is 125 Å². The summed E-state index contributed by atoms with van der Waals surface area (Å²) < 4.78 is 0. The molecule has 0 saturated carbocycles. The van der Waals surface area contributed by atoms with Crippen LogP contribution in [0.4, 0.5) is 0 Å². The Morgan fingerprint density at radius 2 is 0.703 bits per heavy atom. The van der Waals surface area contributed by atoms with E-state index in [4.69, 9.17) is 11.5 Å². The van der Waals surface area contributed by atoms with Gasteiger partial charge in [-0.05, 0) is 59.1 Å². The van der Waals surface area contributed by atoms with Gasteiger partial charge < -0.3 is 79.3 Å². The van der Waals surface area contributed by atoms with Crippen molar-refractivity contribution in [3.63, 3.8) is 0 Å². The van der Waals surface area contributed by atoms with Gasteiger partial charge in [-0.25, -0.2) is 0 Å². The van der Waals surface area contributed by atoms with Crippen LogP contribution in [0.25, 0.3) is 21.8 Å². The zero-order valence-electron chi connectivity index (χ0n) is 50.7. The number of rotatable bonds is 35. The number of aromatic amines is 2. The molecule has 0 spiro atoms. The average molecular weight is 1260 g/mol. The summed E-state index contributed by atoms with van der Waals surface area (Å²) in [5.41, 5.74) is 14.8. The lowest BCUT2D eigenvalue weighted by Crippen LogP contribution is -2.59. The van der Waals surface area contributed by atoms with E-state index in [1.54, 1.807) is 149 Å². The number of carbonyl (C=O) groups is 12. The van der Waals surface area contributed by atoms with Crippen LogP contribution in [0, 0.1) is 11.8 Å². The second kappa shape index (κ2) is 33.2. The van der Waals surface area contributed by atoms with Gasteiger partial charge in [0.2, 0.25) is 59.1 Å². The minimum absolute atomic E-state index is 0.0531. The molecule has 0 fully saturated rings. The largest absolute Gasteiger partial charge is 0.481 e. The number of para-hydroxylation sites is 2. The fraction of sp³-hybridized carbons (Fsp3) is 0.375. The summed E-state index contributed by atoms with van der Waals surface area (Å²) in [5.74, 6) is -13.8. The van der Waals surface area contributed by atoms with Gasteiger partial charge in [-0.15, -0.1) is 0 Å². The van der Waals surface area contributed by atoms with E-state index in [0.717, 1.165) is 0 Å². The zero-order valence-corrected chi connectivity index (χ0v) is 50.7. The van der Waals surface area contributed by atoms with Gasteiger partial charge in [-0.2, -0.15) is 0 Å². The maximum Gasteiger partial charge on any atom is 0.305 e. The highest BCUT2D eigenvalue weighted by Crippen LogP contribution is 2.22. The van der Waals surface area contributed by atoms with Crippen molar-refractivity contribution in [3.05, 3.63) is 144 Å². The number of carboxylic acids is 2. The van der Waals surface area contributed by atoms with E-state index in [9.17, 15) is 72.9 Å². The van der Waals surface area contributed by atoms with E-state index >= 15 is 0 Å². The number of carbonyl (C=O) groups excluding carboxylic acids is 10. The predicted molar refractivity (Wildman–Crippen MR) is 332 cm³/mol. The molecule has 2 aromatic heterocycles. The molecule has 9 atom stereocenters. The highest BCUT2D eigenvalue weighted by Gasteiger charge is 2.37. The fourth-order valence-corrected chi connectivity index (χ4v) is 10.2. The van der Waals surface area contributed by atoms with Crippen LogP contribution >= 0.6 is 0 Å². The molecular formula is C64H78N12O15. The molecule has 2 heterocycles. The summed E-state index contributed by atoms with van der Waals surface area (Å²) in [5, 5.41) is 52.3. The summed E-state index contributed by atoms with van der Waals surface area (Å²) >= 11 is 0. The highest BCUT2D eigenvalue weighted by molar-refractivity contribution is 6.00. The SMILES string of the molecule is CC(C)CC(NC(=O)C(Cc1c[nH]c2ccccc12)NC(=O)CC(O)C(=O)NC(Cc1c[nH]c2ccccc12)C(=O)NC(CC(C)C)C(=O)NC(CC(=O)O)C(=O)NC(Cc1ccccc1)C(N)=O)C(=O)NC(CC(=O)O)C(=O)NC(Cc1ccccc1)C(N)=O. The summed E-state index contributed by atoms with van der Waals surface area (Å²) in [6, 6.07) is 18.8. The van der Waals surface area contributed by atoms with Crippen molar-refractivity contribution in [3.8, 4) is 0 Å². The molecule has 10 amide bonds. The van der Waals surface area contributed by atoms with Crippen LogP contribution < -0.4 is 54.0 Å². The quantitative estimate of drug-likeness (QED) is 0.0259. The van der Waals surface area contributed by atoms with Gasteiger partial charge in [-0.3, -0.25) is 57.5 Å². The number of benzene rings is 4. The Morgan fingerprint density at radius 3 is 1.08 bits per heavy atom. The molecular weight excluding hydrogens is 1180 g/mol. The van der Waals surface area contributed by atoms with Crippen LogP contribution in [-0.4, -0.2) is 151 Å². The molecule has 0 aliphatic rings. The molecule has 27 heteroatoms. The third kappa shape index (κ3) is 21.4. The second-order valence-electron chi connectivity index (χ2n) is 23.0. The summed E-state index contributed by atoms with van der Waals surface area (Å²) in [4.78, 5) is 168. The number of aliphatic carboxylic acids is 2. The van der Waals surface area contributed by atoms with E-state index in [2.05, 4.69) is 52.5 Å². The molecule has 6 rings (SSSR count). The van der Waals surface area contributed by atoms with Crippen LogP contribution in [0.1, 0.15) is 82.1 Å². The van der Waals surface area contributed by atoms with E-state index in [-0.39, 0.29) is 50.4 Å². The second-order valence-corrected chi connectivity index (χ2v) is 23.0. The first-order chi connectivity index (χ1) is 43.2. The normalized spacial score (nSPS) is 14.2. The van der Waals surface area contributed by atoms with Crippen LogP contribution in [0.5, 0.6) is 0 Å². The summed E-state index contributed by atoms with van der Waals surface area (Å²) in [6.07, 6.45) is -2.67. The molecule has 27 nitrogen and oxygen atoms in total.